The largest absolute Gasteiger partial charge is 0.354 e. The molecule has 0 aliphatic rings. The van der Waals surface area contributed by atoms with Crippen LogP contribution in [0.1, 0.15) is 31.7 Å². The van der Waals surface area contributed by atoms with Crippen LogP contribution < -0.4 is 10.6 Å². The van der Waals surface area contributed by atoms with Crippen LogP contribution >= 0.6 is 11.6 Å². The number of hydrogen-bond donors (Lipinski definition) is 2. The Bertz CT molecular complexity index is 765. The van der Waals surface area contributed by atoms with Crippen LogP contribution in [0.4, 0.5) is 5.69 Å². The molecule has 0 spiro atoms. The molecule has 6 heteroatoms. The van der Waals surface area contributed by atoms with E-state index in [0.29, 0.717) is 17.3 Å². The Kier molecular flexibility index (Phi) is 8.48. The molecule has 0 bridgehead atoms. The molecule has 0 saturated heterocycles. The first kappa shape index (κ1) is 21.9. The first-order valence-electron chi connectivity index (χ1n) is 9.49. The minimum Gasteiger partial charge on any atom is -0.354 e. The molecule has 5 nitrogen and oxygen atoms in total. The van der Waals surface area contributed by atoms with E-state index in [9.17, 15) is 9.59 Å². The highest BCUT2D eigenvalue weighted by atomic mass is 35.5. The van der Waals surface area contributed by atoms with Gasteiger partial charge in [-0.3, -0.25) is 14.5 Å². The van der Waals surface area contributed by atoms with Crippen molar-refractivity contribution in [3.05, 3.63) is 65.2 Å². The van der Waals surface area contributed by atoms with Crippen LogP contribution in [0.5, 0.6) is 0 Å². The van der Waals surface area contributed by atoms with Gasteiger partial charge in [-0.15, -0.1) is 0 Å². The number of nitrogens with one attached hydrogen (secondary N) is 2. The third-order valence-electron chi connectivity index (χ3n) is 4.85. The Morgan fingerprint density at radius 1 is 1.07 bits per heavy atom. The van der Waals surface area contributed by atoms with Crippen LogP contribution in [0, 0.1) is 0 Å². The molecule has 2 N–H and O–H groups in total. The molecule has 2 rings (SSSR count). The van der Waals surface area contributed by atoms with Crippen molar-refractivity contribution in [2.24, 2.45) is 0 Å². The van der Waals surface area contributed by atoms with Gasteiger partial charge >= 0.3 is 0 Å². The molecule has 0 aromatic heterocycles. The SMILES string of the molecule is CC[C@@H](CNC(=O)[C@@H](C)N(C)CC(=O)Nc1ccc(Cl)cc1)c1ccccc1. The number of anilines is 1. The van der Waals surface area contributed by atoms with Crippen LogP contribution in [-0.2, 0) is 9.59 Å². The lowest BCUT2D eigenvalue weighted by Crippen LogP contribution is -2.46. The summed E-state index contributed by atoms with van der Waals surface area (Å²) in [5.41, 5.74) is 1.89. The number of halogens is 1. The van der Waals surface area contributed by atoms with E-state index in [1.54, 1.807) is 43.1 Å². The first-order chi connectivity index (χ1) is 13.4. The number of hydrogen-bond acceptors (Lipinski definition) is 3. The lowest BCUT2D eigenvalue weighted by Gasteiger charge is -2.24. The monoisotopic (exact) mass is 401 g/mol. The molecule has 0 radical (unpaired) electrons. The molecule has 0 heterocycles. The van der Waals surface area contributed by atoms with E-state index in [0.717, 1.165) is 6.42 Å². The minimum absolute atomic E-state index is 0.0869. The molecule has 2 aromatic carbocycles. The van der Waals surface area contributed by atoms with E-state index in [1.807, 2.05) is 18.2 Å². The molecule has 0 aliphatic carbocycles. The second-order valence-corrected chi connectivity index (χ2v) is 7.34. The van der Waals surface area contributed by atoms with Crippen molar-refractivity contribution in [3.63, 3.8) is 0 Å². The van der Waals surface area contributed by atoms with Crippen molar-refractivity contribution >= 4 is 29.1 Å². The zero-order chi connectivity index (χ0) is 20.5. The highest BCUT2D eigenvalue weighted by molar-refractivity contribution is 6.30. The van der Waals surface area contributed by atoms with Gasteiger partial charge < -0.3 is 10.6 Å². The minimum atomic E-state index is -0.413. The Morgan fingerprint density at radius 2 is 1.71 bits per heavy atom. The summed E-state index contributed by atoms with van der Waals surface area (Å²) < 4.78 is 0. The summed E-state index contributed by atoms with van der Waals surface area (Å²) >= 11 is 5.85. The summed E-state index contributed by atoms with van der Waals surface area (Å²) in [6, 6.07) is 16.7. The van der Waals surface area contributed by atoms with Crippen LogP contribution in [0.3, 0.4) is 0 Å². The summed E-state index contributed by atoms with van der Waals surface area (Å²) in [4.78, 5) is 26.5. The molecule has 28 heavy (non-hydrogen) atoms. The maximum atomic E-state index is 12.5. The predicted octanol–water partition coefficient (Wildman–Crippen LogP) is 3.91. The van der Waals surface area contributed by atoms with E-state index < -0.39 is 6.04 Å². The number of carbonyl (C=O) groups excluding carboxylic acids is 2. The van der Waals surface area contributed by atoms with Crippen LogP contribution in [0.15, 0.2) is 54.6 Å². The normalized spacial score (nSPS) is 13.0. The fourth-order valence-corrected chi connectivity index (χ4v) is 3.02. The van der Waals surface area contributed by atoms with Gasteiger partial charge in [0.1, 0.15) is 0 Å². The fourth-order valence-electron chi connectivity index (χ4n) is 2.89. The van der Waals surface area contributed by atoms with Crippen molar-refractivity contribution in [3.8, 4) is 0 Å². The second kappa shape index (κ2) is 10.8. The number of likely N-dealkylation sites (N-methyl/N-ethyl adjacent to an activating group) is 1. The van der Waals surface area contributed by atoms with Gasteiger partial charge in [0, 0.05) is 23.2 Å². The van der Waals surface area contributed by atoms with Gasteiger partial charge in [-0.25, -0.2) is 0 Å². The lowest BCUT2D eigenvalue weighted by atomic mass is 9.96. The Morgan fingerprint density at radius 3 is 2.32 bits per heavy atom. The van der Waals surface area contributed by atoms with Gasteiger partial charge in [0.25, 0.3) is 0 Å². The molecule has 2 amide bonds. The number of amides is 2. The van der Waals surface area contributed by atoms with Crippen LogP contribution in [0.2, 0.25) is 5.02 Å². The zero-order valence-corrected chi connectivity index (χ0v) is 17.4. The smallest absolute Gasteiger partial charge is 0.238 e. The predicted molar refractivity (Wildman–Crippen MR) is 115 cm³/mol. The lowest BCUT2D eigenvalue weighted by molar-refractivity contribution is -0.126. The molecule has 150 valence electrons. The second-order valence-electron chi connectivity index (χ2n) is 6.91. The summed E-state index contributed by atoms with van der Waals surface area (Å²) in [5.74, 6) is 0.00669. The molecule has 0 fully saturated rings. The summed E-state index contributed by atoms with van der Waals surface area (Å²) in [6.07, 6.45) is 0.942. The summed E-state index contributed by atoms with van der Waals surface area (Å²) in [6.45, 7) is 4.61. The third-order valence-corrected chi connectivity index (χ3v) is 5.10. The molecular weight excluding hydrogens is 374 g/mol. The number of nitrogens with zero attached hydrogens (tertiary/aromatic N) is 1. The van der Waals surface area contributed by atoms with Crippen molar-refractivity contribution in [2.75, 3.05) is 25.5 Å². The topological polar surface area (TPSA) is 61.4 Å². The van der Waals surface area contributed by atoms with Gasteiger partial charge in [-0.2, -0.15) is 0 Å². The zero-order valence-electron chi connectivity index (χ0n) is 16.6. The quantitative estimate of drug-likeness (QED) is 0.669. The molecular formula is C22H28ClN3O2. The highest BCUT2D eigenvalue weighted by Crippen LogP contribution is 2.18. The Balaban J connectivity index is 1.82. The van der Waals surface area contributed by atoms with E-state index in [4.69, 9.17) is 11.6 Å². The summed E-state index contributed by atoms with van der Waals surface area (Å²) in [5, 5.41) is 6.43. The van der Waals surface area contributed by atoms with Crippen LogP contribution in [-0.4, -0.2) is 42.9 Å². The average molecular weight is 402 g/mol. The van der Waals surface area contributed by atoms with E-state index in [-0.39, 0.29) is 24.3 Å². The number of benzene rings is 2. The third kappa shape index (κ3) is 6.66. The van der Waals surface area contributed by atoms with E-state index in [1.165, 1.54) is 5.56 Å². The van der Waals surface area contributed by atoms with Crippen molar-refractivity contribution in [1.29, 1.82) is 0 Å². The molecule has 2 atom stereocenters. The first-order valence-corrected chi connectivity index (χ1v) is 9.86. The van der Waals surface area contributed by atoms with Gasteiger partial charge in [0.15, 0.2) is 0 Å². The van der Waals surface area contributed by atoms with E-state index >= 15 is 0 Å². The highest BCUT2D eigenvalue weighted by Gasteiger charge is 2.21. The molecule has 0 saturated carbocycles. The maximum Gasteiger partial charge on any atom is 0.238 e. The molecule has 2 aromatic rings. The van der Waals surface area contributed by atoms with Gasteiger partial charge in [0.2, 0.25) is 11.8 Å². The van der Waals surface area contributed by atoms with Crippen molar-refractivity contribution in [1.82, 2.24) is 10.2 Å². The molecule has 0 unspecified atom stereocenters. The number of rotatable bonds is 9. The standard InChI is InChI=1S/C22H28ClN3O2/c1-4-17(18-8-6-5-7-9-18)14-24-22(28)16(2)26(3)15-21(27)25-20-12-10-19(23)11-13-20/h5-13,16-17H,4,14-15H2,1-3H3,(H,24,28)(H,25,27)/t16-,17+/m1/s1. The van der Waals surface area contributed by atoms with Crippen LogP contribution in [0.25, 0.3) is 0 Å². The van der Waals surface area contributed by atoms with Gasteiger partial charge in [-0.05, 0) is 50.2 Å². The maximum absolute atomic E-state index is 12.5. The molecule has 0 aliphatic heterocycles. The van der Waals surface area contributed by atoms with Crippen molar-refractivity contribution < 1.29 is 9.59 Å². The van der Waals surface area contributed by atoms with E-state index in [2.05, 4.69) is 29.7 Å². The average Bonchev–Trinajstić information content (AvgIpc) is 2.70. The Labute approximate surface area is 172 Å². The van der Waals surface area contributed by atoms with Gasteiger partial charge in [0.05, 0.1) is 12.6 Å². The van der Waals surface area contributed by atoms with Gasteiger partial charge in [-0.1, -0.05) is 48.9 Å². The summed E-state index contributed by atoms with van der Waals surface area (Å²) in [7, 11) is 1.76. The Hall–Kier alpha value is -2.37. The number of carbonyl (C=O) groups is 2. The van der Waals surface area contributed by atoms with Crippen molar-refractivity contribution in [2.45, 2.75) is 32.2 Å². The fraction of sp³-hybridized carbons (Fsp3) is 0.364.